The summed E-state index contributed by atoms with van der Waals surface area (Å²) < 4.78 is 27.6. The zero-order valence-electron chi connectivity index (χ0n) is 16.0. The van der Waals surface area contributed by atoms with E-state index in [1.807, 2.05) is 0 Å². The van der Waals surface area contributed by atoms with E-state index in [0.29, 0.717) is 43.1 Å². The van der Waals surface area contributed by atoms with Crippen molar-refractivity contribution in [1.29, 1.82) is 0 Å². The van der Waals surface area contributed by atoms with Gasteiger partial charge in [-0.15, -0.1) is 12.4 Å². The molecular formula is C19H30ClN3O3S. The molecule has 3 rings (SSSR count). The van der Waals surface area contributed by atoms with Crippen molar-refractivity contribution in [3.05, 3.63) is 29.8 Å². The van der Waals surface area contributed by atoms with Gasteiger partial charge in [-0.05, 0) is 55.8 Å². The highest BCUT2D eigenvalue weighted by Crippen LogP contribution is 2.27. The quantitative estimate of drug-likeness (QED) is 0.773. The number of halogens is 1. The van der Waals surface area contributed by atoms with Crippen LogP contribution in [0, 0.1) is 11.8 Å². The summed E-state index contributed by atoms with van der Waals surface area (Å²) in [5.41, 5.74) is 0.391. The Morgan fingerprint density at radius 2 is 1.96 bits per heavy atom. The van der Waals surface area contributed by atoms with E-state index >= 15 is 0 Å². The van der Waals surface area contributed by atoms with Crippen LogP contribution in [0.4, 0.5) is 0 Å². The van der Waals surface area contributed by atoms with Crippen LogP contribution >= 0.6 is 12.4 Å². The molecule has 2 aliphatic rings. The Hall–Kier alpha value is -1.15. The van der Waals surface area contributed by atoms with E-state index < -0.39 is 10.0 Å². The van der Waals surface area contributed by atoms with Crippen molar-refractivity contribution in [3.8, 4) is 0 Å². The molecular weight excluding hydrogens is 386 g/mol. The van der Waals surface area contributed by atoms with Gasteiger partial charge in [-0.2, -0.15) is 4.31 Å². The topological polar surface area (TPSA) is 78.5 Å². The Morgan fingerprint density at radius 1 is 1.26 bits per heavy atom. The summed E-state index contributed by atoms with van der Waals surface area (Å²) in [7, 11) is -3.57. The molecule has 1 aromatic carbocycles. The number of nitrogens with one attached hydrogen (secondary N) is 2. The van der Waals surface area contributed by atoms with E-state index in [2.05, 4.69) is 24.5 Å². The number of hydrogen-bond acceptors (Lipinski definition) is 4. The fraction of sp³-hybridized carbons (Fsp3) is 0.632. The van der Waals surface area contributed by atoms with Crippen LogP contribution in [0.1, 0.15) is 43.5 Å². The zero-order valence-corrected chi connectivity index (χ0v) is 17.6. The third-order valence-electron chi connectivity index (χ3n) is 5.24. The third-order valence-corrected chi connectivity index (χ3v) is 7.07. The standard InChI is InChI=1S/C19H29N3O3S.ClH/c1-14-9-15(2)13-22(12-14)26(24,25)18-7-3-5-16(10-18)19(23)21-11-17-6-4-8-20-17;/h3,5,7,10,14-15,17,20H,4,6,8-9,11-13H2,1-2H3,(H,21,23);1H. The maximum atomic E-state index is 13.0. The molecule has 2 saturated heterocycles. The molecule has 3 atom stereocenters. The predicted octanol–water partition coefficient (Wildman–Crippen LogP) is 2.26. The van der Waals surface area contributed by atoms with E-state index in [9.17, 15) is 13.2 Å². The van der Waals surface area contributed by atoms with Gasteiger partial charge in [0.15, 0.2) is 0 Å². The van der Waals surface area contributed by atoms with Gasteiger partial charge in [0.1, 0.15) is 0 Å². The van der Waals surface area contributed by atoms with Crippen molar-refractivity contribution in [2.45, 2.75) is 44.0 Å². The van der Waals surface area contributed by atoms with Crippen LogP contribution in [0.5, 0.6) is 0 Å². The van der Waals surface area contributed by atoms with Crippen LogP contribution in [0.3, 0.4) is 0 Å². The van der Waals surface area contributed by atoms with E-state index in [4.69, 9.17) is 0 Å². The molecule has 0 saturated carbocycles. The lowest BCUT2D eigenvalue weighted by atomic mass is 9.94. The number of amides is 1. The lowest BCUT2D eigenvalue weighted by molar-refractivity contribution is 0.0950. The molecule has 3 unspecified atom stereocenters. The lowest BCUT2D eigenvalue weighted by Crippen LogP contribution is -2.42. The molecule has 1 amide bonds. The van der Waals surface area contributed by atoms with E-state index in [0.717, 1.165) is 25.8 Å². The number of hydrogen-bond donors (Lipinski definition) is 2. The predicted molar refractivity (Wildman–Crippen MR) is 109 cm³/mol. The Morgan fingerprint density at radius 3 is 2.59 bits per heavy atom. The fourth-order valence-corrected chi connectivity index (χ4v) is 5.72. The molecule has 27 heavy (non-hydrogen) atoms. The van der Waals surface area contributed by atoms with E-state index in [1.54, 1.807) is 22.5 Å². The first-order chi connectivity index (χ1) is 12.4. The molecule has 2 aliphatic heterocycles. The summed E-state index contributed by atoms with van der Waals surface area (Å²) in [5, 5.41) is 6.24. The maximum Gasteiger partial charge on any atom is 0.251 e. The number of carbonyl (C=O) groups is 1. The van der Waals surface area contributed by atoms with Crippen molar-refractivity contribution in [3.63, 3.8) is 0 Å². The summed E-state index contributed by atoms with van der Waals surface area (Å²) in [6.07, 6.45) is 3.23. The van der Waals surface area contributed by atoms with Gasteiger partial charge in [0.25, 0.3) is 5.91 Å². The molecule has 0 aliphatic carbocycles. The Kier molecular flexibility index (Phi) is 7.68. The van der Waals surface area contributed by atoms with Gasteiger partial charge in [0, 0.05) is 31.2 Å². The molecule has 0 radical (unpaired) electrons. The van der Waals surface area contributed by atoms with Crippen LogP contribution in [0.25, 0.3) is 0 Å². The molecule has 0 aromatic heterocycles. The highest BCUT2D eigenvalue weighted by molar-refractivity contribution is 7.89. The average molecular weight is 416 g/mol. The van der Waals surface area contributed by atoms with Crippen LogP contribution < -0.4 is 10.6 Å². The van der Waals surface area contributed by atoms with E-state index in [-0.39, 0.29) is 23.2 Å². The molecule has 2 heterocycles. The SMILES string of the molecule is CC1CC(C)CN(S(=O)(=O)c2cccc(C(=O)NCC3CCCN3)c2)C1.Cl. The Balaban J connectivity index is 0.00000261. The molecule has 8 heteroatoms. The molecule has 0 bridgehead atoms. The van der Waals surface area contributed by atoms with E-state index in [1.165, 1.54) is 6.07 Å². The first kappa shape index (κ1) is 22.1. The minimum atomic E-state index is -3.57. The van der Waals surface area contributed by atoms with Crippen LogP contribution in [0.2, 0.25) is 0 Å². The minimum Gasteiger partial charge on any atom is -0.350 e. The van der Waals surface area contributed by atoms with Gasteiger partial charge >= 0.3 is 0 Å². The van der Waals surface area contributed by atoms with Gasteiger partial charge < -0.3 is 10.6 Å². The van der Waals surface area contributed by atoms with Crippen molar-refractivity contribution < 1.29 is 13.2 Å². The number of nitrogens with zero attached hydrogens (tertiary/aromatic N) is 1. The minimum absolute atomic E-state index is 0. The largest absolute Gasteiger partial charge is 0.350 e. The van der Waals surface area contributed by atoms with Gasteiger partial charge in [0.05, 0.1) is 4.90 Å². The summed E-state index contributed by atoms with van der Waals surface area (Å²) >= 11 is 0. The molecule has 1 aromatic rings. The molecule has 152 valence electrons. The fourth-order valence-electron chi connectivity index (χ4n) is 4.00. The van der Waals surface area contributed by atoms with Gasteiger partial charge in [-0.1, -0.05) is 19.9 Å². The summed E-state index contributed by atoms with van der Waals surface area (Å²) in [6, 6.07) is 6.69. The summed E-state index contributed by atoms with van der Waals surface area (Å²) in [5.74, 6) is 0.467. The molecule has 6 nitrogen and oxygen atoms in total. The summed E-state index contributed by atoms with van der Waals surface area (Å²) in [4.78, 5) is 12.6. The van der Waals surface area contributed by atoms with Crippen molar-refractivity contribution in [2.24, 2.45) is 11.8 Å². The molecule has 2 fully saturated rings. The second-order valence-electron chi connectivity index (χ2n) is 7.80. The average Bonchev–Trinajstić information content (AvgIpc) is 3.12. The zero-order chi connectivity index (χ0) is 18.7. The van der Waals surface area contributed by atoms with Crippen molar-refractivity contribution in [1.82, 2.24) is 14.9 Å². The third kappa shape index (κ3) is 5.44. The van der Waals surface area contributed by atoms with Crippen LogP contribution in [-0.2, 0) is 10.0 Å². The van der Waals surface area contributed by atoms with Gasteiger partial charge in [0.2, 0.25) is 10.0 Å². The number of piperidine rings is 1. The second-order valence-corrected chi connectivity index (χ2v) is 9.74. The highest BCUT2D eigenvalue weighted by Gasteiger charge is 2.32. The Bertz CT molecular complexity index is 740. The van der Waals surface area contributed by atoms with Gasteiger partial charge in [-0.3, -0.25) is 4.79 Å². The van der Waals surface area contributed by atoms with Gasteiger partial charge in [-0.25, -0.2) is 8.42 Å². The molecule has 0 spiro atoms. The van der Waals surface area contributed by atoms with Crippen LogP contribution in [-0.4, -0.2) is 50.9 Å². The summed E-state index contributed by atoms with van der Waals surface area (Å²) in [6.45, 7) is 6.79. The maximum absolute atomic E-state index is 13.0. The molecule has 2 N–H and O–H groups in total. The lowest BCUT2D eigenvalue weighted by Gasteiger charge is -2.34. The number of benzene rings is 1. The highest BCUT2D eigenvalue weighted by atomic mass is 35.5. The number of rotatable bonds is 5. The number of carbonyl (C=O) groups excluding carboxylic acids is 1. The second kappa shape index (κ2) is 9.37. The van der Waals surface area contributed by atoms with Crippen LogP contribution in [0.15, 0.2) is 29.2 Å². The van der Waals surface area contributed by atoms with Crippen molar-refractivity contribution in [2.75, 3.05) is 26.2 Å². The monoisotopic (exact) mass is 415 g/mol. The first-order valence-electron chi connectivity index (χ1n) is 9.48. The smallest absolute Gasteiger partial charge is 0.251 e. The number of sulfonamides is 1. The normalized spacial score (nSPS) is 26.4. The first-order valence-corrected chi connectivity index (χ1v) is 10.9. The van der Waals surface area contributed by atoms with Crippen molar-refractivity contribution >= 4 is 28.3 Å². The Labute approximate surface area is 168 Å².